The molecule has 174 valence electrons. The smallest absolute Gasteiger partial charge is 0.103 e. The molecule has 0 aliphatic heterocycles. The second kappa shape index (κ2) is 8.82. The first-order chi connectivity index (χ1) is 17.5. The average molecular weight is 480 g/mol. The van der Waals surface area contributed by atoms with Crippen LogP contribution in [0.1, 0.15) is 0 Å². The van der Waals surface area contributed by atoms with Gasteiger partial charge in [-0.2, -0.15) is 0 Å². The number of hydrogen-bond donors (Lipinski definition) is 0. The Bertz CT molecular complexity index is 1630. The summed E-state index contributed by atoms with van der Waals surface area (Å²) in [5.74, 6) is 0. The van der Waals surface area contributed by atoms with Crippen molar-refractivity contribution in [2.24, 2.45) is 0 Å². The highest BCUT2D eigenvalue weighted by Crippen LogP contribution is 2.33. The molecule has 0 N–H and O–H groups in total. The number of fused-ring (bicyclic) bond motifs is 3. The van der Waals surface area contributed by atoms with Crippen LogP contribution in [0.25, 0.3) is 49.7 Å². The molecule has 0 atom stereocenters. The maximum absolute atomic E-state index is 4.03. The molecule has 0 aliphatic carbocycles. The minimum Gasteiger partial charge on any atom is -0.309 e. The Morgan fingerprint density at radius 3 is 1.36 bits per heavy atom. The lowest BCUT2D eigenvalue weighted by Gasteiger charge is -2.18. The van der Waals surface area contributed by atoms with Gasteiger partial charge in [0.2, 0.25) is 0 Å². The summed E-state index contributed by atoms with van der Waals surface area (Å²) in [6, 6.07) is 44.1. The van der Waals surface area contributed by atoms with E-state index in [4.69, 9.17) is 0 Å². The van der Waals surface area contributed by atoms with Crippen molar-refractivity contribution < 1.29 is 0 Å². The molecule has 0 saturated heterocycles. The summed E-state index contributed by atoms with van der Waals surface area (Å²) < 4.78 is 2.36. The predicted molar refractivity (Wildman–Crippen MR) is 159 cm³/mol. The van der Waals surface area contributed by atoms with E-state index < -0.39 is 8.07 Å². The van der Waals surface area contributed by atoms with Crippen molar-refractivity contribution in [1.82, 2.24) is 4.57 Å². The normalized spacial score (nSPS) is 11.7. The van der Waals surface area contributed by atoms with E-state index in [1.54, 1.807) is 0 Å². The molecule has 0 bridgehead atoms. The molecular weight excluding hydrogens is 450 g/mol. The van der Waals surface area contributed by atoms with Gasteiger partial charge in [0, 0.05) is 16.5 Å². The second-order valence-electron chi connectivity index (χ2n) is 10.00. The van der Waals surface area contributed by atoms with Gasteiger partial charge in [-0.25, -0.2) is 0 Å². The van der Waals surface area contributed by atoms with Crippen LogP contribution in [-0.2, 0) is 0 Å². The van der Waals surface area contributed by atoms with Crippen molar-refractivity contribution in [1.29, 1.82) is 0 Å². The molecule has 0 aliphatic rings. The monoisotopic (exact) mass is 479 g/mol. The minimum atomic E-state index is -1.52. The molecule has 6 rings (SSSR count). The number of para-hydroxylation sites is 2. The number of rotatable bonds is 5. The lowest BCUT2D eigenvalue weighted by molar-refractivity contribution is 1.18. The number of nitrogens with zero attached hydrogens (tertiary/aromatic N) is 1. The summed E-state index contributed by atoms with van der Waals surface area (Å²) in [5, 5.41) is 3.99. The van der Waals surface area contributed by atoms with E-state index in [-0.39, 0.29) is 0 Å². The van der Waals surface area contributed by atoms with E-state index in [9.17, 15) is 0 Å². The van der Waals surface area contributed by atoms with Crippen LogP contribution in [-0.4, -0.2) is 12.6 Å². The zero-order valence-electron chi connectivity index (χ0n) is 20.8. The Morgan fingerprint density at radius 2 is 0.917 bits per heavy atom. The maximum Gasteiger partial charge on any atom is 0.103 e. The van der Waals surface area contributed by atoms with Gasteiger partial charge in [0.1, 0.15) is 8.07 Å². The van der Waals surface area contributed by atoms with Crippen molar-refractivity contribution in [3.63, 3.8) is 0 Å². The van der Waals surface area contributed by atoms with E-state index >= 15 is 0 Å². The van der Waals surface area contributed by atoms with Gasteiger partial charge < -0.3 is 4.57 Å². The van der Waals surface area contributed by atoms with E-state index in [1.165, 1.54) is 54.9 Å². The average Bonchev–Trinajstić information content (AvgIpc) is 3.28. The Kier molecular flexibility index (Phi) is 5.47. The zero-order valence-corrected chi connectivity index (χ0v) is 21.8. The molecule has 1 nitrogen and oxygen atoms in total. The summed E-state index contributed by atoms with van der Waals surface area (Å²) in [5.41, 5.74) is 10.7. The van der Waals surface area contributed by atoms with Crippen LogP contribution in [0.2, 0.25) is 13.1 Å². The van der Waals surface area contributed by atoms with Crippen LogP contribution in [0.4, 0.5) is 0 Å². The molecule has 1 heterocycles. The van der Waals surface area contributed by atoms with Gasteiger partial charge in [0.05, 0.1) is 11.0 Å². The SMILES string of the molecule is C=C[Si](C)(C)c1ccc(-c2ccc(-c3ccc(-n4c5ccccc5c5ccccc54)cc3)cc2)cc1. The van der Waals surface area contributed by atoms with Crippen molar-refractivity contribution in [2.45, 2.75) is 13.1 Å². The van der Waals surface area contributed by atoms with Gasteiger partial charge >= 0.3 is 0 Å². The van der Waals surface area contributed by atoms with Gasteiger partial charge in [-0.1, -0.05) is 121 Å². The fraction of sp³-hybridized carbons (Fsp3) is 0.0588. The summed E-state index contributed by atoms with van der Waals surface area (Å²) >= 11 is 0. The predicted octanol–water partition coefficient (Wildman–Crippen LogP) is 8.76. The number of benzene rings is 5. The molecule has 1 aromatic heterocycles. The largest absolute Gasteiger partial charge is 0.309 e. The number of aromatic nitrogens is 1. The molecule has 5 aromatic carbocycles. The van der Waals surface area contributed by atoms with E-state index in [2.05, 4.69) is 151 Å². The summed E-state index contributed by atoms with van der Waals surface area (Å²) in [6.07, 6.45) is 0. The molecule has 0 spiro atoms. The van der Waals surface area contributed by atoms with E-state index in [1.807, 2.05) is 0 Å². The van der Waals surface area contributed by atoms with Gasteiger partial charge in [-0.3, -0.25) is 0 Å². The van der Waals surface area contributed by atoms with Crippen LogP contribution in [0.3, 0.4) is 0 Å². The number of hydrogen-bond acceptors (Lipinski definition) is 0. The van der Waals surface area contributed by atoms with Crippen LogP contribution in [0.15, 0.2) is 134 Å². The van der Waals surface area contributed by atoms with Gasteiger partial charge in [0.15, 0.2) is 0 Å². The molecular formula is C34H29NSi. The fourth-order valence-electron chi connectivity index (χ4n) is 5.07. The van der Waals surface area contributed by atoms with Crippen molar-refractivity contribution in [3.05, 3.63) is 134 Å². The molecule has 0 amide bonds. The Labute approximate surface area is 214 Å². The lowest BCUT2D eigenvalue weighted by Crippen LogP contribution is -2.38. The first-order valence-electron chi connectivity index (χ1n) is 12.5. The third-order valence-electron chi connectivity index (χ3n) is 7.40. The minimum absolute atomic E-state index is 1.18. The maximum atomic E-state index is 4.03. The summed E-state index contributed by atoms with van der Waals surface area (Å²) in [7, 11) is -1.52. The standard InChI is InChI=1S/C34H29NSi/c1-4-36(2,3)30-23-19-28(20-24-30)26-15-13-25(14-16-26)27-17-21-29(22-18-27)35-33-11-7-5-9-31(33)32-10-6-8-12-34(32)35/h4-24H,1H2,2-3H3. The molecule has 0 unspecified atom stereocenters. The first-order valence-corrected chi connectivity index (χ1v) is 15.6. The van der Waals surface area contributed by atoms with Crippen molar-refractivity contribution in [3.8, 4) is 27.9 Å². The fourth-order valence-corrected chi connectivity index (χ4v) is 6.33. The van der Waals surface area contributed by atoms with E-state index in [0.717, 1.165) is 0 Å². The quantitative estimate of drug-likeness (QED) is 0.218. The lowest BCUT2D eigenvalue weighted by atomic mass is 10.0. The van der Waals surface area contributed by atoms with Gasteiger partial charge in [0.25, 0.3) is 0 Å². The Morgan fingerprint density at radius 1 is 0.528 bits per heavy atom. The van der Waals surface area contributed by atoms with Gasteiger partial charge in [-0.15, -0.1) is 6.58 Å². The van der Waals surface area contributed by atoms with Crippen LogP contribution >= 0.6 is 0 Å². The van der Waals surface area contributed by atoms with Crippen molar-refractivity contribution in [2.75, 3.05) is 0 Å². The Hall–Kier alpha value is -4.14. The van der Waals surface area contributed by atoms with Crippen LogP contribution in [0, 0.1) is 0 Å². The van der Waals surface area contributed by atoms with E-state index in [0.29, 0.717) is 0 Å². The third-order valence-corrected chi connectivity index (χ3v) is 10.2. The van der Waals surface area contributed by atoms with Crippen LogP contribution < -0.4 is 5.19 Å². The molecule has 0 saturated carbocycles. The topological polar surface area (TPSA) is 4.93 Å². The molecule has 36 heavy (non-hydrogen) atoms. The highest BCUT2D eigenvalue weighted by Gasteiger charge is 2.18. The Balaban J connectivity index is 1.30. The van der Waals surface area contributed by atoms with Crippen LogP contribution in [0.5, 0.6) is 0 Å². The highest BCUT2D eigenvalue weighted by molar-refractivity contribution is 6.93. The molecule has 0 radical (unpaired) electrons. The molecule has 6 aromatic rings. The third kappa shape index (κ3) is 3.80. The highest BCUT2D eigenvalue weighted by atomic mass is 28.3. The second-order valence-corrected chi connectivity index (χ2v) is 14.4. The first kappa shape index (κ1) is 22.3. The molecule has 0 fully saturated rings. The summed E-state index contributed by atoms with van der Waals surface area (Å²) in [6.45, 7) is 8.69. The zero-order chi connectivity index (χ0) is 24.7. The molecule has 2 heteroatoms. The van der Waals surface area contributed by atoms with Gasteiger partial charge in [-0.05, 0) is 46.5 Å². The van der Waals surface area contributed by atoms with Crippen molar-refractivity contribution >= 4 is 35.1 Å². The summed E-state index contributed by atoms with van der Waals surface area (Å²) in [4.78, 5) is 0.